The average molecular weight is 898 g/mol. The molecule has 13 aromatic rings. The smallest absolute Gasteiger partial charge is 0.240 e. The maximum absolute atomic E-state index is 5.56. The number of hydrogen-bond acceptors (Lipinski definition) is 3. The van der Waals surface area contributed by atoms with E-state index in [1.165, 1.54) is 20.7 Å². The highest BCUT2D eigenvalue weighted by molar-refractivity contribution is 7.19. The maximum atomic E-state index is 5.56. The number of fused-ring (bicyclic) bond motifs is 6. The van der Waals surface area contributed by atoms with Gasteiger partial charge in [0.1, 0.15) is 0 Å². The van der Waals surface area contributed by atoms with Gasteiger partial charge < -0.3 is 0 Å². The van der Waals surface area contributed by atoms with Crippen LogP contribution in [0.25, 0.3) is 89.2 Å². The zero-order valence-corrected chi connectivity index (χ0v) is 38.6. The van der Waals surface area contributed by atoms with E-state index in [9.17, 15) is 0 Å². The third-order valence-corrected chi connectivity index (χ3v) is 18.5. The number of nitrogens with zero attached hydrogens (tertiary/aromatic N) is 5. The van der Waals surface area contributed by atoms with Crippen LogP contribution < -0.4 is 20.7 Å². The molecule has 324 valence electrons. The van der Waals surface area contributed by atoms with Crippen molar-refractivity contribution >= 4 is 72.4 Å². The Balaban J connectivity index is 1.10. The van der Waals surface area contributed by atoms with Crippen molar-refractivity contribution in [3.8, 4) is 45.5 Å². The molecule has 0 fully saturated rings. The molecule has 0 atom stereocenters. The number of benzene rings is 10. The summed E-state index contributed by atoms with van der Waals surface area (Å²) >= 11 is 0. The van der Waals surface area contributed by atoms with E-state index in [1.807, 2.05) is 0 Å². The number of aromatic nitrogens is 5. The van der Waals surface area contributed by atoms with Gasteiger partial charge in [-0.05, 0) is 79.4 Å². The summed E-state index contributed by atoms with van der Waals surface area (Å²) in [6.07, 6.45) is 0. The molecule has 3 heterocycles. The van der Waals surface area contributed by atoms with Crippen molar-refractivity contribution in [3.63, 3.8) is 0 Å². The third-order valence-electron chi connectivity index (χ3n) is 13.7. The Hall–Kier alpha value is -8.97. The van der Waals surface area contributed by atoms with E-state index in [-0.39, 0.29) is 0 Å². The molecule has 10 aromatic carbocycles. The van der Waals surface area contributed by atoms with E-state index >= 15 is 0 Å². The van der Waals surface area contributed by atoms with Crippen LogP contribution in [0.3, 0.4) is 0 Å². The average Bonchev–Trinajstić information content (AvgIpc) is 3.95. The van der Waals surface area contributed by atoms with Gasteiger partial charge in [0.2, 0.25) is 11.9 Å². The van der Waals surface area contributed by atoms with E-state index in [0.29, 0.717) is 17.7 Å². The van der Waals surface area contributed by atoms with E-state index in [4.69, 9.17) is 15.0 Å². The molecule has 0 spiro atoms. The highest BCUT2D eigenvalue weighted by Crippen LogP contribution is 2.38. The SMILES string of the molecule is c1ccc(-c2ccc3c(c2)c2cc(-c4ccccc4)ccc2n3-c2nc(-c3cccc([Si](c4ccccc4)(c4ccccc4)c4ccccc4)c3)nc(-n3c4ccccc4c4ccccc43)n2)cc1. The van der Waals surface area contributed by atoms with Crippen molar-refractivity contribution in [2.24, 2.45) is 0 Å². The molecule has 0 saturated carbocycles. The van der Waals surface area contributed by atoms with Crippen LogP contribution in [0.1, 0.15) is 0 Å². The summed E-state index contributed by atoms with van der Waals surface area (Å²) in [4.78, 5) is 16.6. The molecule has 3 aromatic heterocycles. The minimum Gasteiger partial charge on any atom is -0.278 e. The lowest BCUT2D eigenvalue weighted by molar-refractivity contribution is 0.893. The van der Waals surface area contributed by atoms with Gasteiger partial charge in [0.25, 0.3) is 0 Å². The zero-order chi connectivity index (χ0) is 45.7. The maximum Gasteiger partial charge on any atom is 0.240 e. The van der Waals surface area contributed by atoms with Gasteiger partial charge in [-0.25, -0.2) is 0 Å². The van der Waals surface area contributed by atoms with Gasteiger partial charge in [-0.15, -0.1) is 0 Å². The van der Waals surface area contributed by atoms with Gasteiger partial charge in [0, 0.05) is 27.1 Å². The standard InChI is InChI=1S/C63H43N5Si/c1-6-21-44(22-7-1)46-37-39-59-55(42-46)56-43-47(45-23-8-2-9-24-45)38-40-60(56)68(59)63-65-61(64-62(66-63)67-57-35-18-16-33-53(57)54-34-17-19-36-58(54)67)48-25-20-32-52(41-48)69(49-26-10-3-11-27-49,50-28-12-4-13-29-50)51-30-14-5-15-31-51/h1-43H. The van der Waals surface area contributed by atoms with Crippen molar-refractivity contribution in [2.75, 3.05) is 0 Å². The van der Waals surface area contributed by atoms with Crippen molar-refractivity contribution in [2.45, 2.75) is 0 Å². The first-order valence-corrected chi connectivity index (χ1v) is 25.4. The van der Waals surface area contributed by atoms with Gasteiger partial charge in [0.15, 0.2) is 13.9 Å². The Morgan fingerprint density at radius 1 is 0.246 bits per heavy atom. The van der Waals surface area contributed by atoms with E-state index in [2.05, 4.69) is 270 Å². The Morgan fingerprint density at radius 2 is 0.609 bits per heavy atom. The number of para-hydroxylation sites is 2. The van der Waals surface area contributed by atoms with E-state index in [1.54, 1.807) is 0 Å². The second-order valence-corrected chi connectivity index (χ2v) is 21.4. The molecule has 0 bridgehead atoms. The first-order valence-electron chi connectivity index (χ1n) is 23.4. The summed E-state index contributed by atoms with van der Waals surface area (Å²) in [7, 11) is -2.89. The molecule has 0 amide bonds. The molecule has 0 aliphatic heterocycles. The second-order valence-electron chi connectivity index (χ2n) is 17.6. The van der Waals surface area contributed by atoms with Gasteiger partial charge in [-0.2, -0.15) is 15.0 Å². The summed E-state index contributed by atoms with van der Waals surface area (Å²) < 4.78 is 4.44. The fourth-order valence-electron chi connectivity index (χ4n) is 10.6. The zero-order valence-electron chi connectivity index (χ0n) is 37.6. The topological polar surface area (TPSA) is 48.5 Å². The lowest BCUT2D eigenvalue weighted by atomic mass is 10.0. The van der Waals surface area contributed by atoms with Crippen molar-refractivity contribution < 1.29 is 0 Å². The predicted octanol–water partition coefficient (Wildman–Crippen LogP) is 12.4. The van der Waals surface area contributed by atoms with Gasteiger partial charge in [-0.3, -0.25) is 9.13 Å². The molecule has 6 heteroatoms. The summed E-state index contributed by atoms with van der Waals surface area (Å²) in [5, 5.41) is 9.67. The highest BCUT2D eigenvalue weighted by Gasteiger charge is 2.41. The van der Waals surface area contributed by atoms with Crippen LogP contribution in [0.5, 0.6) is 0 Å². The fourth-order valence-corrected chi connectivity index (χ4v) is 15.4. The van der Waals surface area contributed by atoms with Crippen LogP contribution in [-0.2, 0) is 0 Å². The van der Waals surface area contributed by atoms with Crippen LogP contribution in [0.15, 0.2) is 261 Å². The minimum absolute atomic E-state index is 0.542. The van der Waals surface area contributed by atoms with Gasteiger partial charge >= 0.3 is 0 Å². The van der Waals surface area contributed by atoms with E-state index < -0.39 is 8.07 Å². The Bertz CT molecular complexity index is 3750. The predicted molar refractivity (Wildman–Crippen MR) is 288 cm³/mol. The molecule has 0 aliphatic carbocycles. The highest BCUT2D eigenvalue weighted by atomic mass is 28.3. The lowest BCUT2D eigenvalue weighted by Gasteiger charge is -2.34. The lowest BCUT2D eigenvalue weighted by Crippen LogP contribution is -2.74. The number of rotatable bonds is 9. The van der Waals surface area contributed by atoms with Crippen LogP contribution in [0, 0.1) is 0 Å². The first-order chi connectivity index (χ1) is 34.2. The minimum atomic E-state index is -2.89. The largest absolute Gasteiger partial charge is 0.278 e. The van der Waals surface area contributed by atoms with Crippen molar-refractivity contribution in [1.29, 1.82) is 0 Å². The fraction of sp³-hybridized carbons (Fsp3) is 0. The molecule has 0 N–H and O–H groups in total. The molecule has 5 nitrogen and oxygen atoms in total. The van der Waals surface area contributed by atoms with Crippen molar-refractivity contribution in [3.05, 3.63) is 261 Å². The summed E-state index contributed by atoms with van der Waals surface area (Å²) in [6, 6.07) is 93.9. The molecular weight excluding hydrogens is 855 g/mol. The summed E-state index contributed by atoms with van der Waals surface area (Å²) in [5.74, 6) is 1.68. The Labute approximate surface area is 400 Å². The van der Waals surface area contributed by atoms with Crippen molar-refractivity contribution in [1.82, 2.24) is 24.1 Å². The quantitative estimate of drug-likeness (QED) is 0.107. The molecule has 13 rings (SSSR count). The molecule has 0 unspecified atom stereocenters. The van der Waals surface area contributed by atoms with Crippen LogP contribution >= 0.6 is 0 Å². The normalized spacial score (nSPS) is 11.8. The Kier molecular flexibility index (Phi) is 9.77. The van der Waals surface area contributed by atoms with Crippen LogP contribution in [-0.4, -0.2) is 32.2 Å². The first kappa shape index (κ1) is 40.3. The third kappa shape index (κ3) is 6.72. The molecular formula is C63H43N5Si. The molecule has 0 aliphatic rings. The summed E-state index contributed by atoms with van der Waals surface area (Å²) in [6.45, 7) is 0. The molecule has 69 heavy (non-hydrogen) atoms. The van der Waals surface area contributed by atoms with Crippen LogP contribution in [0.2, 0.25) is 0 Å². The van der Waals surface area contributed by atoms with Gasteiger partial charge in [0.05, 0.1) is 22.1 Å². The number of hydrogen-bond donors (Lipinski definition) is 0. The van der Waals surface area contributed by atoms with Crippen LogP contribution in [0.4, 0.5) is 0 Å². The van der Waals surface area contributed by atoms with E-state index in [0.717, 1.165) is 71.4 Å². The second kappa shape index (κ2) is 16.7. The summed E-state index contributed by atoms with van der Waals surface area (Å²) in [5.41, 5.74) is 9.62. The monoisotopic (exact) mass is 897 g/mol. The molecule has 0 radical (unpaired) electrons. The van der Waals surface area contributed by atoms with Gasteiger partial charge in [-0.1, -0.05) is 224 Å². The molecule has 0 saturated heterocycles. The Morgan fingerprint density at radius 3 is 1.06 bits per heavy atom.